The second kappa shape index (κ2) is 5.18. The van der Waals surface area contributed by atoms with Gasteiger partial charge in [-0.1, -0.05) is 6.92 Å². The average Bonchev–Trinajstić information content (AvgIpc) is 2.64. The van der Waals surface area contributed by atoms with Crippen molar-refractivity contribution in [1.29, 1.82) is 0 Å². The van der Waals surface area contributed by atoms with E-state index in [1.807, 2.05) is 11.0 Å². The number of rotatable bonds is 5. The van der Waals surface area contributed by atoms with Gasteiger partial charge in [0.2, 0.25) is 0 Å². The van der Waals surface area contributed by atoms with E-state index < -0.39 is 11.7 Å². The minimum Gasteiger partial charge on any atom is -0.395 e. The monoisotopic (exact) mass is 248 g/mol. The van der Waals surface area contributed by atoms with Crippen LogP contribution in [0, 0.1) is 0 Å². The fourth-order valence-corrected chi connectivity index (χ4v) is 2.09. The number of nitrogens with zero attached hydrogens (tertiary/aromatic N) is 1. The number of fused-ring (bicyclic) bond motifs is 1. The lowest BCUT2D eigenvalue weighted by molar-refractivity contribution is -0.112. The minimum absolute atomic E-state index is 0.0718. The molecule has 0 aliphatic carbocycles. The first-order valence-corrected chi connectivity index (χ1v) is 6.03. The zero-order valence-electron chi connectivity index (χ0n) is 10.3. The lowest BCUT2D eigenvalue weighted by Crippen LogP contribution is -2.27. The maximum absolute atomic E-state index is 11.5. The molecular weight excluding hydrogens is 232 g/mol. The number of anilines is 2. The van der Waals surface area contributed by atoms with Crippen molar-refractivity contribution >= 4 is 23.1 Å². The number of ketones is 1. The molecule has 0 fully saturated rings. The molecule has 2 rings (SSSR count). The summed E-state index contributed by atoms with van der Waals surface area (Å²) in [6.07, 6.45) is 0.961. The first kappa shape index (κ1) is 12.6. The predicted octanol–water partition coefficient (Wildman–Crippen LogP) is 1.03. The van der Waals surface area contributed by atoms with Crippen LogP contribution in [0.2, 0.25) is 0 Å². The molecule has 1 aromatic rings. The van der Waals surface area contributed by atoms with E-state index in [0.717, 1.165) is 18.7 Å². The van der Waals surface area contributed by atoms with Gasteiger partial charge in [-0.15, -0.1) is 0 Å². The summed E-state index contributed by atoms with van der Waals surface area (Å²) in [4.78, 5) is 24.7. The van der Waals surface area contributed by atoms with Gasteiger partial charge in [0.1, 0.15) is 0 Å². The molecule has 0 saturated heterocycles. The van der Waals surface area contributed by atoms with E-state index in [1.165, 1.54) is 0 Å². The Morgan fingerprint density at radius 1 is 1.28 bits per heavy atom. The number of hydrogen-bond acceptors (Lipinski definition) is 4. The Hall–Kier alpha value is -1.88. The molecule has 1 aliphatic heterocycles. The van der Waals surface area contributed by atoms with Crippen LogP contribution in [0.1, 0.15) is 23.7 Å². The van der Waals surface area contributed by atoms with E-state index in [2.05, 4.69) is 12.2 Å². The lowest BCUT2D eigenvalue weighted by Gasteiger charge is -2.23. The molecule has 0 atom stereocenters. The summed E-state index contributed by atoms with van der Waals surface area (Å²) in [7, 11) is 0. The fraction of sp³-hybridized carbons (Fsp3) is 0.385. The van der Waals surface area contributed by atoms with Gasteiger partial charge < -0.3 is 15.3 Å². The van der Waals surface area contributed by atoms with Gasteiger partial charge in [-0.2, -0.15) is 0 Å². The predicted molar refractivity (Wildman–Crippen MR) is 69.0 cm³/mol. The molecule has 1 amide bonds. The van der Waals surface area contributed by atoms with E-state index in [9.17, 15) is 9.59 Å². The number of carbonyl (C=O) groups is 2. The highest BCUT2D eigenvalue weighted by Crippen LogP contribution is 2.28. The fourth-order valence-electron chi connectivity index (χ4n) is 2.09. The number of nitrogens with one attached hydrogen (secondary N) is 1. The Labute approximate surface area is 105 Å². The smallest absolute Gasteiger partial charge is 0.296 e. The minimum atomic E-state index is -0.577. The van der Waals surface area contributed by atoms with Crippen LogP contribution < -0.4 is 10.2 Å². The van der Waals surface area contributed by atoms with Gasteiger partial charge >= 0.3 is 0 Å². The number of benzene rings is 1. The highest BCUT2D eigenvalue weighted by molar-refractivity contribution is 6.51. The van der Waals surface area contributed by atoms with Crippen LogP contribution in [0.4, 0.5) is 11.4 Å². The number of amides is 1. The van der Waals surface area contributed by atoms with Gasteiger partial charge in [0.15, 0.2) is 0 Å². The van der Waals surface area contributed by atoms with Crippen LogP contribution >= 0.6 is 0 Å². The summed E-state index contributed by atoms with van der Waals surface area (Å²) < 4.78 is 0. The highest BCUT2D eigenvalue weighted by atomic mass is 16.3. The summed E-state index contributed by atoms with van der Waals surface area (Å²) in [5.41, 5.74) is 1.88. The summed E-state index contributed by atoms with van der Waals surface area (Å²) >= 11 is 0. The van der Waals surface area contributed by atoms with Crippen LogP contribution in [0.15, 0.2) is 18.2 Å². The third kappa shape index (κ3) is 2.22. The quantitative estimate of drug-likeness (QED) is 0.764. The van der Waals surface area contributed by atoms with E-state index in [4.69, 9.17) is 5.11 Å². The van der Waals surface area contributed by atoms with Crippen molar-refractivity contribution in [3.8, 4) is 0 Å². The summed E-state index contributed by atoms with van der Waals surface area (Å²) in [6, 6.07) is 5.25. The van der Waals surface area contributed by atoms with Crippen molar-refractivity contribution < 1.29 is 14.7 Å². The molecule has 0 radical (unpaired) electrons. The largest absolute Gasteiger partial charge is 0.395 e. The molecule has 1 aliphatic rings. The van der Waals surface area contributed by atoms with E-state index in [-0.39, 0.29) is 6.61 Å². The van der Waals surface area contributed by atoms with Crippen molar-refractivity contribution in [2.24, 2.45) is 0 Å². The van der Waals surface area contributed by atoms with Crippen molar-refractivity contribution in [2.45, 2.75) is 13.3 Å². The third-order valence-corrected chi connectivity index (χ3v) is 2.93. The van der Waals surface area contributed by atoms with E-state index >= 15 is 0 Å². The van der Waals surface area contributed by atoms with Crippen LogP contribution in [0.25, 0.3) is 0 Å². The summed E-state index contributed by atoms with van der Waals surface area (Å²) in [5, 5.41) is 11.6. The Morgan fingerprint density at radius 3 is 2.72 bits per heavy atom. The Morgan fingerprint density at radius 2 is 2.06 bits per heavy atom. The topological polar surface area (TPSA) is 69.6 Å². The number of hydrogen-bond donors (Lipinski definition) is 2. The Bertz CT molecular complexity index is 479. The van der Waals surface area contributed by atoms with Gasteiger partial charge in [0, 0.05) is 18.8 Å². The number of Topliss-reactive ketones (excluding diaryl/α,β-unsaturated/α-hetero) is 1. The first-order valence-electron chi connectivity index (χ1n) is 6.03. The maximum Gasteiger partial charge on any atom is 0.296 e. The molecule has 1 heterocycles. The maximum atomic E-state index is 11.5. The summed E-state index contributed by atoms with van der Waals surface area (Å²) in [5.74, 6) is -1.06. The molecule has 5 nitrogen and oxygen atoms in total. The SMILES string of the molecule is CCCN(CCO)c1ccc2c(c1)NC(=O)C2=O. The molecule has 96 valence electrons. The van der Waals surface area contributed by atoms with Crippen LogP contribution in [0.3, 0.4) is 0 Å². The number of carbonyl (C=O) groups excluding carboxylic acids is 2. The Kier molecular flexibility index (Phi) is 3.62. The molecule has 1 aromatic carbocycles. The van der Waals surface area contributed by atoms with Crippen molar-refractivity contribution in [3.05, 3.63) is 23.8 Å². The van der Waals surface area contributed by atoms with Crippen LogP contribution in [0.5, 0.6) is 0 Å². The average molecular weight is 248 g/mol. The molecule has 18 heavy (non-hydrogen) atoms. The molecule has 5 heteroatoms. The summed E-state index contributed by atoms with van der Waals surface area (Å²) in [6.45, 7) is 3.49. The molecule has 0 saturated carbocycles. The standard InChI is InChI=1S/C13H16N2O3/c1-2-5-15(6-7-16)9-3-4-10-11(8-9)14-13(18)12(10)17/h3-4,8,16H,2,5-7H2,1H3,(H,14,17,18). The van der Waals surface area contributed by atoms with Gasteiger partial charge in [-0.25, -0.2) is 0 Å². The normalized spacial score (nSPS) is 13.4. The second-order valence-corrected chi connectivity index (χ2v) is 4.22. The molecule has 0 aromatic heterocycles. The number of aliphatic hydroxyl groups excluding tert-OH is 1. The van der Waals surface area contributed by atoms with E-state index in [1.54, 1.807) is 12.1 Å². The molecular formula is C13H16N2O3. The number of aliphatic hydroxyl groups is 1. The van der Waals surface area contributed by atoms with Gasteiger partial charge in [-0.3, -0.25) is 9.59 Å². The Balaban J connectivity index is 2.28. The van der Waals surface area contributed by atoms with Crippen molar-refractivity contribution in [2.75, 3.05) is 29.9 Å². The van der Waals surface area contributed by atoms with Crippen LogP contribution in [-0.2, 0) is 4.79 Å². The lowest BCUT2D eigenvalue weighted by atomic mass is 10.1. The molecule has 0 unspecified atom stereocenters. The second-order valence-electron chi connectivity index (χ2n) is 4.22. The van der Waals surface area contributed by atoms with Crippen LogP contribution in [-0.4, -0.2) is 36.5 Å². The highest BCUT2D eigenvalue weighted by Gasteiger charge is 2.28. The van der Waals surface area contributed by atoms with Gasteiger partial charge in [-0.05, 0) is 24.6 Å². The zero-order chi connectivity index (χ0) is 13.1. The third-order valence-electron chi connectivity index (χ3n) is 2.93. The molecule has 0 bridgehead atoms. The van der Waals surface area contributed by atoms with Gasteiger partial charge in [0.25, 0.3) is 11.7 Å². The molecule has 2 N–H and O–H groups in total. The zero-order valence-corrected chi connectivity index (χ0v) is 10.3. The molecule has 0 spiro atoms. The van der Waals surface area contributed by atoms with Crippen molar-refractivity contribution in [1.82, 2.24) is 0 Å². The van der Waals surface area contributed by atoms with E-state index in [0.29, 0.717) is 17.8 Å². The van der Waals surface area contributed by atoms with Gasteiger partial charge in [0.05, 0.1) is 17.9 Å². The van der Waals surface area contributed by atoms with Crippen molar-refractivity contribution in [3.63, 3.8) is 0 Å². The first-order chi connectivity index (χ1) is 8.67.